The minimum Gasteiger partial charge on any atom is -0.494 e. The summed E-state index contributed by atoms with van der Waals surface area (Å²) < 4.78 is 5.59. The molecule has 19 heavy (non-hydrogen) atoms. The number of piperidine rings is 1. The average Bonchev–Trinajstić information content (AvgIpc) is 2.44. The molecule has 0 aliphatic carbocycles. The third-order valence-corrected chi connectivity index (χ3v) is 3.56. The number of carbonyl (C=O) groups is 1. The first-order chi connectivity index (χ1) is 9.25. The van der Waals surface area contributed by atoms with Crippen LogP contribution in [-0.4, -0.2) is 30.5 Å². The molecule has 0 spiro atoms. The third-order valence-electron chi connectivity index (χ3n) is 3.56. The number of para-hydroxylation sites is 1. The highest BCUT2D eigenvalue weighted by atomic mass is 16.5. The van der Waals surface area contributed by atoms with Crippen molar-refractivity contribution in [3.63, 3.8) is 0 Å². The zero-order valence-corrected chi connectivity index (χ0v) is 11.7. The molecule has 2 rings (SSSR count). The van der Waals surface area contributed by atoms with Gasteiger partial charge in [0.15, 0.2) is 0 Å². The van der Waals surface area contributed by atoms with Crippen LogP contribution in [0, 0.1) is 5.92 Å². The lowest BCUT2D eigenvalue weighted by Crippen LogP contribution is -2.39. The molecule has 0 N–H and O–H groups in total. The van der Waals surface area contributed by atoms with Gasteiger partial charge in [-0.1, -0.05) is 25.1 Å². The summed E-state index contributed by atoms with van der Waals surface area (Å²) in [6.07, 6.45) is 3.78. The molecule has 3 heteroatoms. The summed E-state index contributed by atoms with van der Waals surface area (Å²) in [6, 6.07) is 9.75. The van der Waals surface area contributed by atoms with Gasteiger partial charge in [-0.05, 0) is 37.3 Å². The fourth-order valence-electron chi connectivity index (χ4n) is 2.50. The van der Waals surface area contributed by atoms with E-state index in [1.54, 1.807) is 0 Å². The van der Waals surface area contributed by atoms with E-state index in [0.29, 0.717) is 18.9 Å². The Balaban J connectivity index is 1.64. The van der Waals surface area contributed by atoms with E-state index >= 15 is 0 Å². The van der Waals surface area contributed by atoms with E-state index in [-0.39, 0.29) is 5.91 Å². The van der Waals surface area contributed by atoms with Crippen LogP contribution < -0.4 is 4.74 Å². The summed E-state index contributed by atoms with van der Waals surface area (Å²) >= 11 is 0. The van der Waals surface area contributed by atoms with Gasteiger partial charge in [-0.2, -0.15) is 0 Å². The second kappa shape index (κ2) is 7.17. The maximum Gasteiger partial charge on any atom is 0.222 e. The predicted octanol–water partition coefficient (Wildman–Crippen LogP) is 3.10. The number of carbonyl (C=O) groups excluding carboxylic acids is 1. The Labute approximate surface area is 115 Å². The summed E-state index contributed by atoms with van der Waals surface area (Å²) in [4.78, 5) is 14.0. The Hall–Kier alpha value is -1.51. The SMILES string of the molecule is CC1CCCN(C(=O)CCCOc2ccccc2)C1. The molecule has 1 aliphatic rings. The molecule has 1 fully saturated rings. The Morgan fingerprint density at radius 3 is 2.89 bits per heavy atom. The van der Waals surface area contributed by atoms with Crippen molar-refractivity contribution in [2.75, 3.05) is 19.7 Å². The van der Waals surface area contributed by atoms with Gasteiger partial charge in [0.2, 0.25) is 5.91 Å². The van der Waals surface area contributed by atoms with E-state index in [0.717, 1.165) is 31.7 Å². The van der Waals surface area contributed by atoms with E-state index in [1.165, 1.54) is 6.42 Å². The second-order valence-electron chi connectivity index (χ2n) is 5.35. The van der Waals surface area contributed by atoms with E-state index in [4.69, 9.17) is 4.74 Å². The van der Waals surface area contributed by atoms with Crippen molar-refractivity contribution in [3.8, 4) is 5.75 Å². The normalized spacial score (nSPS) is 19.2. The Morgan fingerprint density at radius 1 is 1.37 bits per heavy atom. The van der Waals surface area contributed by atoms with Crippen LogP contribution in [0.25, 0.3) is 0 Å². The maximum absolute atomic E-state index is 12.0. The molecule has 0 saturated carbocycles. The minimum absolute atomic E-state index is 0.281. The van der Waals surface area contributed by atoms with Gasteiger partial charge in [0.25, 0.3) is 0 Å². The second-order valence-corrected chi connectivity index (χ2v) is 5.35. The molecule has 1 aliphatic heterocycles. The van der Waals surface area contributed by atoms with Crippen molar-refractivity contribution in [2.45, 2.75) is 32.6 Å². The van der Waals surface area contributed by atoms with E-state index in [9.17, 15) is 4.79 Å². The fourth-order valence-corrected chi connectivity index (χ4v) is 2.50. The topological polar surface area (TPSA) is 29.5 Å². The lowest BCUT2D eigenvalue weighted by molar-refractivity contribution is -0.133. The first kappa shape index (κ1) is 13.9. The first-order valence-electron chi connectivity index (χ1n) is 7.21. The molecule has 0 radical (unpaired) electrons. The Kier molecular flexibility index (Phi) is 5.25. The highest BCUT2D eigenvalue weighted by Crippen LogP contribution is 2.16. The highest BCUT2D eigenvalue weighted by Gasteiger charge is 2.20. The molecule has 1 aromatic rings. The van der Waals surface area contributed by atoms with E-state index < -0.39 is 0 Å². The molecular formula is C16H23NO2. The number of ether oxygens (including phenoxy) is 1. The summed E-state index contributed by atoms with van der Waals surface area (Å²) in [5.41, 5.74) is 0. The lowest BCUT2D eigenvalue weighted by atomic mass is 10.00. The van der Waals surface area contributed by atoms with Gasteiger partial charge in [0.05, 0.1) is 6.61 Å². The van der Waals surface area contributed by atoms with Crippen LogP contribution >= 0.6 is 0 Å². The number of amides is 1. The van der Waals surface area contributed by atoms with Crippen LogP contribution in [0.4, 0.5) is 0 Å². The quantitative estimate of drug-likeness (QED) is 0.762. The average molecular weight is 261 g/mol. The van der Waals surface area contributed by atoms with Crippen LogP contribution in [-0.2, 0) is 4.79 Å². The number of hydrogen-bond donors (Lipinski definition) is 0. The van der Waals surface area contributed by atoms with Gasteiger partial charge in [-0.25, -0.2) is 0 Å². The third kappa shape index (κ3) is 4.58. The Morgan fingerprint density at radius 2 is 2.16 bits per heavy atom. The first-order valence-corrected chi connectivity index (χ1v) is 7.21. The lowest BCUT2D eigenvalue weighted by Gasteiger charge is -2.31. The maximum atomic E-state index is 12.0. The van der Waals surface area contributed by atoms with Crippen molar-refractivity contribution in [2.24, 2.45) is 5.92 Å². The predicted molar refractivity (Wildman–Crippen MR) is 76.1 cm³/mol. The van der Waals surface area contributed by atoms with E-state index in [1.807, 2.05) is 35.2 Å². The summed E-state index contributed by atoms with van der Waals surface area (Å²) in [7, 11) is 0. The number of likely N-dealkylation sites (tertiary alicyclic amines) is 1. The van der Waals surface area contributed by atoms with Crippen LogP contribution in [0.3, 0.4) is 0 Å². The smallest absolute Gasteiger partial charge is 0.222 e. The molecule has 1 atom stereocenters. The van der Waals surface area contributed by atoms with Gasteiger partial charge in [-0.3, -0.25) is 4.79 Å². The standard InChI is InChI=1S/C16H23NO2/c1-14-7-5-11-17(13-14)16(18)10-6-12-19-15-8-3-2-4-9-15/h2-4,8-9,14H,5-7,10-13H2,1H3. The van der Waals surface area contributed by atoms with Crippen LogP contribution in [0.2, 0.25) is 0 Å². The van der Waals surface area contributed by atoms with Gasteiger partial charge in [0, 0.05) is 19.5 Å². The molecule has 1 unspecified atom stereocenters. The molecular weight excluding hydrogens is 238 g/mol. The largest absolute Gasteiger partial charge is 0.494 e. The van der Waals surface area contributed by atoms with Crippen LogP contribution in [0.15, 0.2) is 30.3 Å². The molecule has 0 bridgehead atoms. The van der Waals surface area contributed by atoms with Crippen molar-refractivity contribution in [1.82, 2.24) is 4.90 Å². The number of benzene rings is 1. The fraction of sp³-hybridized carbons (Fsp3) is 0.562. The van der Waals surface area contributed by atoms with Crippen molar-refractivity contribution in [1.29, 1.82) is 0 Å². The molecule has 1 amide bonds. The monoisotopic (exact) mass is 261 g/mol. The van der Waals surface area contributed by atoms with Gasteiger partial charge < -0.3 is 9.64 Å². The van der Waals surface area contributed by atoms with Gasteiger partial charge in [-0.15, -0.1) is 0 Å². The van der Waals surface area contributed by atoms with Crippen LogP contribution in [0.5, 0.6) is 5.75 Å². The van der Waals surface area contributed by atoms with Crippen molar-refractivity contribution >= 4 is 5.91 Å². The minimum atomic E-state index is 0.281. The molecule has 1 aromatic carbocycles. The highest BCUT2D eigenvalue weighted by molar-refractivity contribution is 5.76. The number of rotatable bonds is 5. The number of hydrogen-bond acceptors (Lipinski definition) is 2. The molecule has 1 saturated heterocycles. The van der Waals surface area contributed by atoms with Crippen molar-refractivity contribution in [3.05, 3.63) is 30.3 Å². The van der Waals surface area contributed by atoms with Gasteiger partial charge in [0.1, 0.15) is 5.75 Å². The molecule has 1 heterocycles. The Bertz CT molecular complexity index is 391. The van der Waals surface area contributed by atoms with E-state index in [2.05, 4.69) is 6.92 Å². The number of nitrogens with zero attached hydrogens (tertiary/aromatic N) is 1. The molecule has 104 valence electrons. The zero-order valence-electron chi connectivity index (χ0n) is 11.7. The summed E-state index contributed by atoms with van der Waals surface area (Å²) in [5, 5.41) is 0. The van der Waals surface area contributed by atoms with Gasteiger partial charge >= 0.3 is 0 Å². The van der Waals surface area contributed by atoms with Crippen LogP contribution in [0.1, 0.15) is 32.6 Å². The summed E-state index contributed by atoms with van der Waals surface area (Å²) in [6.45, 7) is 4.69. The van der Waals surface area contributed by atoms with Crippen molar-refractivity contribution < 1.29 is 9.53 Å². The molecule has 3 nitrogen and oxygen atoms in total. The summed E-state index contributed by atoms with van der Waals surface area (Å²) in [5.74, 6) is 1.81. The molecule has 0 aromatic heterocycles. The zero-order chi connectivity index (χ0) is 13.5.